The second-order valence-corrected chi connectivity index (χ2v) is 7.99. The molecule has 0 aliphatic heterocycles. The van der Waals surface area contributed by atoms with Crippen LogP contribution in [0, 0.1) is 0 Å². The van der Waals surface area contributed by atoms with Crippen LogP contribution in [-0.4, -0.2) is 38.9 Å². The van der Waals surface area contributed by atoms with Crippen molar-refractivity contribution in [2.45, 2.75) is 57.5 Å². The number of rotatable bonds is 8. The Hall–Kier alpha value is -2.54. The number of benzene rings is 1. The smallest absolute Gasteiger partial charge is 0.276 e. The van der Waals surface area contributed by atoms with Gasteiger partial charge < -0.3 is 10.2 Å². The van der Waals surface area contributed by atoms with Gasteiger partial charge in [-0.15, -0.1) is 11.7 Å². The summed E-state index contributed by atoms with van der Waals surface area (Å²) in [6.07, 6.45) is 7.99. The summed E-state index contributed by atoms with van der Waals surface area (Å²) in [7, 11) is 0. The average Bonchev–Trinajstić information content (AvgIpc) is 3.29. The number of nitrogens with one attached hydrogen (secondary N) is 1. The number of carbonyl (C=O) groups is 2. The van der Waals surface area contributed by atoms with Crippen molar-refractivity contribution in [3.63, 3.8) is 0 Å². The molecule has 1 heterocycles. The van der Waals surface area contributed by atoms with Crippen molar-refractivity contribution in [1.29, 1.82) is 0 Å². The van der Waals surface area contributed by atoms with Crippen LogP contribution in [0.15, 0.2) is 42.3 Å². The van der Waals surface area contributed by atoms with Gasteiger partial charge in [0, 0.05) is 18.0 Å². The number of amides is 2. The number of aryl methyl sites for hydroxylation is 1. The summed E-state index contributed by atoms with van der Waals surface area (Å²) >= 11 is 1.12. The lowest BCUT2D eigenvalue weighted by atomic mass is 9.94. The Labute approximate surface area is 176 Å². The maximum atomic E-state index is 13.4. The highest BCUT2D eigenvalue weighted by molar-refractivity contribution is 7.03. The number of hydrogen-bond donors (Lipinski definition) is 1. The monoisotopic (exact) mass is 412 g/mol. The van der Waals surface area contributed by atoms with Crippen LogP contribution in [0.4, 0.5) is 0 Å². The molecular weight excluding hydrogens is 384 g/mol. The van der Waals surface area contributed by atoms with Crippen molar-refractivity contribution >= 4 is 23.3 Å². The highest BCUT2D eigenvalue weighted by atomic mass is 32.1. The number of hydrogen-bond acceptors (Lipinski definition) is 5. The molecule has 1 atom stereocenters. The number of aromatic nitrogens is 2. The molecule has 1 aliphatic carbocycles. The fourth-order valence-electron chi connectivity index (χ4n) is 3.79. The molecule has 1 aliphatic rings. The van der Waals surface area contributed by atoms with Crippen molar-refractivity contribution in [3.05, 3.63) is 59.1 Å². The van der Waals surface area contributed by atoms with Gasteiger partial charge in [0.15, 0.2) is 5.69 Å². The second-order valence-electron chi connectivity index (χ2n) is 7.38. The quantitative estimate of drug-likeness (QED) is 0.667. The minimum absolute atomic E-state index is 0.153. The van der Waals surface area contributed by atoms with Crippen LogP contribution in [0.1, 0.15) is 66.7 Å². The van der Waals surface area contributed by atoms with E-state index in [0.717, 1.165) is 49.2 Å². The maximum Gasteiger partial charge on any atom is 0.276 e. The van der Waals surface area contributed by atoms with E-state index in [4.69, 9.17) is 0 Å². The van der Waals surface area contributed by atoms with Crippen molar-refractivity contribution in [1.82, 2.24) is 19.8 Å². The first-order valence-electron chi connectivity index (χ1n) is 10.2. The van der Waals surface area contributed by atoms with E-state index in [2.05, 4.69) is 28.4 Å². The molecule has 29 heavy (non-hydrogen) atoms. The molecule has 2 aromatic rings. The third-order valence-electron chi connectivity index (χ3n) is 5.38. The zero-order valence-corrected chi connectivity index (χ0v) is 17.7. The van der Waals surface area contributed by atoms with Crippen molar-refractivity contribution in [2.24, 2.45) is 0 Å². The van der Waals surface area contributed by atoms with Crippen LogP contribution in [-0.2, 0) is 11.2 Å². The van der Waals surface area contributed by atoms with E-state index in [9.17, 15) is 9.59 Å². The first kappa shape index (κ1) is 21.2. The highest BCUT2D eigenvalue weighted by Gasteiger charge is 2.33. The van der Waals surface area contributed by atoms with Crippen LogP contribution in [0.5, 0.6) is 0 Å². The minimum atomic E-state index is -0.741. The molecule has 0 radical (unpaired) electrons. The first-order chi connectivity index (χ1) is 14.1. The Balaban J connectivity index is 1.93. The molecule has 2 amide bonds. The van der Waals surface area contributed by atoms with Crippen LogP contribution in [0.3, 0.4) is 0 Å². The van der Waals surface area contributed by atoms with Gasteiger partial charge in [0.1, 0.15) is 6.04 Å². The predicted molar refractivity (Wildman–Crippen MR) is 115 cm³/mol. The van der Waals surface area contributed by atoms with E-state index in [0.29, 0.717) is 0 Å². The van der Waals surface area contributed by atoms with Crippen LogP contribution >= 0.6 is 11.5 Å². The maximum absolute atomic E-state index is 13.4. The second kappa shape index (κ2) is 10.3. The summed E-state index contributed by atoms with van der Waals surface area (Å²) in [5.74, 6) is -0.471. The summed E-state index contributed by atoms with van der Waals surface area (Å²) in [6.45, 7) is 6.12. The Morgan fingerprint density at radius 1 is 1.28 bits per heavy atom. The fraction of sp³-hybridized carbons (Fsp3) is 0.455. The first-order valence-corrected chi connectivity index (χ1v) is 11.1. The molecule has 0 bridgehead atoms. The molecule has 1 fully saturated rings. The van der Waals surface area contributed by atoms with Gasteiger partial charge >= 0.3 is 0 Å². The van der Waals surface area contributed by atoms with E-state index in [-0.39, 0.29) is 30.1 Å². The minimum Gasteiger partial charge on any atom is -0.351 e. The van der Waals surface area contributed by atoms with Crippen molar-refractivity contribution < 1.29 is 9.59 Å². The zero-order chi connectivity index (χ0) is 20.6. The molecular formula is C22H28N4O2S. The molecule has 0 saturated heterocycles. The Morgan fingerprint density at radius 3 is 2.59 bits per heavy atom. The van der Waals surface area contributed by atoms with Gasteiger partial charge in [0.05, 0.1) is 0 Å². The van der Waals surface area contributed by atoms with Gasteiger partial charge in [0.25, 0.3) is 5.91 Å². The van der Waals surface area contributed by atoms with Crippen molar-refractivity contribution in [2.75, 3.05) is 6.54 Å². The van der Waals surface area contributed by atoms with E-state index >= 15 is 0 Å². The molecule has 1 saturated carbocycles. The lowest BCUT2D eigenvalue weighted by Gasteiger charge is -2.32. The molecule has 154 valence electrons. The largest absolute Gasteiger partial charge is 0.351 e. The molecule has 7 heteroatoms. The topological polar surface area (TPSA) is 75.2 Å². The van der Waals surface area contributed by atoms with Gasteiger partial charge in [-0.2, -0.15) is 0 Å². The summed E-state index contributed by atoms with van der Waals surface area (Å²) in [5, 5.41) is 8.70. The number of carbonyl (C=O) groups excluding carboxylic acids is 2. The van der Waals surface area contributed by atoms with Gasteiger partial charge in [0.2, 0.25) is 5.91 Å². The van der Waals surface area contributed by atoms with Crippen molar-refractivity contribution in [3.8, 4) is 0 Å². The molecule has 0 spiro atoms. The zero-order valence-electron chi connectivity index (χ0n) is 16.8. The Morgan fingerprint density at radius 2 is 2.00 bits per heavy atom. The summed E-state index contributed by atoms with van der Waals surface area (Å²) in [6, 6.07) is 7.32. The van der Waals surface area contributed by atoms with E-state index in [1.165, 1.54) is 16.9 Å². The Kier molecular flexibility index (Phi) is 7.52. The van der Waals surface area contributed by atoms with Gasteiger partial charge in [-0.25, -0.2) is 0 Å². The molecule has 3 rings (SSSR count). The third-order valence-corrected chi connectivity index (χ3v) is 5.89. The number of nitrogens with zero attached hydrogens (tertiary/aromatic N) is 3. The summed E-state index contributed by atoms with van der Waals surface area (Å²) in [5.41, 5.74) is 2.22. The predicted octanol–water partition coefficient (Wildman–Crippen LogP) is 3.92. The average molecular weight is 413 g/mol. The summed E-state index contributed by atoms with van der Waals surface area (Å²) < 4.78 is 3.80. The lowest BCUT2D eigenvalue weighted by Crippen LogP contribution is -2.47. The molecule has 1 unspecified atom stereocenters. The third kappa shape index (κ3) is 5.29. The molecule has 1 aromatic heterocycles. The molecule has 6 nitrogen and oxygen atoms in total. The van der Waals surface area contributed by atoms with Crippen LogP contribution in [0.2, 0.25) is 0 Å². The van der Waals surface area contributed by atoms with E-state index in [1.807, 2.05) is 24.3 Å². The lowest BCUT2D eigenvalue weighted by molar-refractivity contribution is -0.126. The van der Waals surface area contributed by atoms with Gasteiger partial charge in [-0.05, 0) is 41.9 Å². The molecule has 1 N–H and O–H groups in total. The van der Waals surface area contributed by atoms with Gasteiger partial charge in [-0.1, -0.05) is 61.0 Å². The highest BCUT2D eigenvalue weighted by Crippen LogP contribution is 2.26. The van der Waals surface area contributed by atoms with E-state index < -0.39 is 6.04 Å². The molecule has 1 aromatic carbocycles. The van der Waals surface area contributed by atoms with Gasteiger partial charge in [-0.3, -0.25) is 9.59 Å². The standard InChI is InChI=1S/C22H28N4O2S/c1-3-14-26(22(28)19-15-29-25-24-19)20(17-12-10-16(4-2)11-13-17)21(27)23-18-8-6-5-7-9-18/h3,10-13,15,18,20H,1,4-9,14H2,2H3,(H,23,27). The normalized spacial score (nSPS) is 15.5. The van der Waals surface area contributed by atoms with E-state index in [1.54, 1.807) is 11.5 Å². The van der Waals surface area contributed by atoms with Crippen LogP contribution < -0.4 is 5.32 Å². The summed E-state index contributed by atoms with van der Waals surface area (Å²) in [4.78, 5) is 28.0. The van der Waals surface area contributed by atoms with Crippen LogP contribution in [0.25, 0.3) is 0 Å². The Bertz CT molecular complexity index is 814. The fourth-order valence-corrected chi connectivity index (χ4v) is 4.22. The SMILES string of the molecule is C=CCN(C(=O)c1csnn1)C(C(=O)NC1CCCCC1)c1ccc(CC)cc1.